The van der Waals surface area contributed by atoms with Crippen molar-refractivity contribution in [3.63, 3.8) is 0 Å². The molecule has 0 amide bonds. The monoisotopic (exact) mass is 219 g/mol. The van der Waals surface area contributed by atoms with E-state index in [0.717, 1.165) is 30.4 Å². The van der Waals surface area contributed by atoms with E-state index in [0.29, 0.717) is 0 Å². The van der Waals surface area contributed by atoms with E-state index >= 15 is 0 Å². The van der Waals surface area contributed by atoms with E-state index in [1.165, 1.54) is 0 Å². The smallest absolute Gasteiger partial charge is 0.203 e. The van der Waals surface area contributed by atoms with E-state index in [1.54, 1.807) is 0 Å². The van der Waals surface area contributed by atoms with Crippen LogP contribution in [-0.4, -0.2) is 25.9 Å². The van der Waals surface area contributed by atoms with Crippen LogP contribution in [0.25, 0.3) is 0 Å². The first-order valence-corrected chi connectivity index (χ1v) is 5.45. The highest BCUT2D eigenvalue weighted by atomic mass is 15.3. The van der Waals surface area contributed by atoms with Gasteiger partial charge in [-0.05, 0) is 19.9 Å². The summed E-state index contributed by atoms with van der Waals surface area (Å²) in [7, 11) is 1.95. The lowest BCUT2D eigenvalue weighted by Gasteiger charge is -2.08. The number of nitrogens with zero attached hydrogens (tertiary/aromatic N) is 4. The molecule has 5 heteroatoms. The third-order valence-corrected chi connectivity index (χ3v) is 2.49. The molecule has 0 aliphatic rings. The minimum Gasteiger partial charge on any atom is -0.356 e. The van der Waals surface area contributed by atoms with Gasteiger partial charge in [0.1, 0.15) is 0 Å². The summed E-state index contributed by atoms with van der Waals surface area (Å²) in [5.41, 5.74) is 2.19. The summed E-state index contributed by atoms with van der Waals surface area (Å²) in [5.74, 6) is 0.918. The molecule has 2 rings (SSSR count). The molecule has 0 atom stereocenters. The largest absolute Gasteiger partial charge is 0.356 e. The van der Waals surface area contributed by atoms with Gasteiger partial charge in [0.25, 0.3) is 0 Å². The van der Waals surface area contributed by atoms with Crippen molar-refractivity contribution in [3.8, 4) is 0 Å². The minimum atomic E-state index is 0.791. The second kappa shape index (κ2) is 4.38. The molecule has 0 aliphatic carbocycles. The van der Waals surface area contributed by atoms with Crippen LogP contribution in [0.1, 0.15) is 18.3 Å². The average molecular weight is 219 g/mol. The van der Waals surface area contributed by atoms with Crippen LogP contribution in [0.3, 0.4) is 0 Å². The summed E-state index contributed by atoms with van der Waals surface area (Å²) in [6.45, 7) is 5.74. The second-order valence-electron chi connectivity index (χ2n) is 3.81. The predicted octanol–water partition coefficient (Wildman–Crippen LogP) is 1.41. The number of nitrogens with one attached hydrogen (secondary N) is 1. The summed E-state index contributed by atoms with van der Waals surface area (Å²) >= 11 is 0. The Bertz CT molecular complexity index is 468. The van der Waals surface area contributed by atoms with Crippen LogP contribution in [0.2, 0.25) is 0 Å². The average Bonchev–Trinajstić information content (AvgIpc) is 2.77. The normalized spacial score (nSPS) is 10.7. The van der Waals surface area contributed by atoms with Gasteiger partial charge in [-0.25, -0.2) is 4.98 Å². The standard InChI is InChI=1S/C11H17N5/c1-4-12-11-14-9(2)7-16(11)8-10-5-6-13-15(10)3/h5-7H,4,8H2,1-3H3,(H,12,14). The molecule has 0 aromatic carbocycles. The third-order valence-electron chi connectivity index (χ3n) is 2.49. The maximum absolute atomic E-state index is 4.43. The molecule has 2 aromatic rings. The molecule has 2 heterocycles. The lowest BCUT2D eigenvalue weighted by molar-refractivity contribution is 0.668. The van der Waals surface area contributed by atoms with Crippen molar-refractivity contribution in [2.75, 3.05) is 11.9 Å². The van der Waals surface area contributed by atoms with Gasteiger partial charge in [0, 0.05) is 26.0 Å². The fourth-order valence-electron chi connectivity index (χ4n) is 1.70. The maximum Gasteiger partial charge on any atom is 0.203 e. The van der Waals surface area contributed by atoms with Gasteiger partial charge in [-0.15, -0.1) is 0 Å². The van der Waals surface area contributed by atoms with Crippen LogP contribution in [0.15, 0.2) is 18.5 Å². The molecule has 2 aromatic heterocycles. The predicted molar refractivity (Wildman–Crippen MR) is 63.4 cm³/mol. The number of hydrogen-bond donors (Lipinski definition) is 1. The summed E-state index contributed by atoms with van der Waals surface area (Å²) in [6.07, 6.45) is 3.86. The zero-order valence-electron chi connectivity index (χ0n) is 9.94. The molecular weight excluding hydrogens is 202 g/mol. The first-order chi connectivity index (χ1) is 7.70. The molecule has 0 bridgehead atoms. The zero-order valence-corrected chi connectivity index (χ0v) is 9.94. The Hall–Kier alpha value is -1.78. The molecule has 0 aliphatic heterocycles. The topological polar surface area (TPSA) is 47.7 Å². The number of hydrogen-bond acceptors (Lipinski definition) is 3. The molecule has 0 unspecified atom stereocenters. The van der Waals surface area contributed by atoms with Crippen molar-refractivity contribution >= 4 is 5.95 Å². The van der Waals surface area contributed by atoms with Gasteiger partial charge in [-0.3, -0.25) is 4.68 Å². The molecule has 0 fully saturated rings. The molecule has 0 spiro atoms. The van der Waals surface area contributed by atoms with Crippen molar-refractivity contribution in [3.05, 3.63) is 29.8 Å². The Labute approximate surface area is 95.1 Å². The Kier molecular flexibility index (Phi) is 2.94. The van der Waals surface area contributed by atoms with Gasteiger partial charge in [0.05, 0.1) is 17.9 Å². The van der Waals surface area contributed by atoms with Gasteiger partial charge >= 0.3 is 0 Å². The van der Waals surface area contributed by atoms with Gasteiger partial charge in [-0.1, -0.05) is 0 Å². The number of rotatable bonds is 4. The molecular formula is C11H17N5. The quantitative estimate of drug-likeness (QED) is 0.845. The van der Waals surface area contributed by atoms with Crippen molar-refractivity contribution in [1.29, 1.82) is 0 Å². The number of anilines is 1. The van der Waals surface area contributed by atoms with Crippen molar-refractivity contribution in [1.82, 2.24) is 19.3 Å². The lowest BCUT2D eigenvalue weighted by Crippen LogP contribution is -2.09. The van der Waals surface area contributed by atoms with Gasteiger partial charge < -0.3 is 9.88 Å². The van der Waals surface area contributed by atoms with Gasteiger partial charge in [0.2, 0.25) is 5.95 Å². The van der Waals surface area contributed by atoms with Crippen LogP contribution in [0, 0.1) is 6.92 Å². The zero-order chi connectivity index (χ0) is 11.5. The molecule has 1 N–H and O–H groups in total. The second-order valence-corrected chi connectivity index (χ2v) is 3.81. The van der Waals surface area contributed by atoms with E-state index in [1.807, 2.05) is 37.1 Å². The molecule has 0 saturated heterocycles. The van der Waals surface area contributed by atoms with E-state index in [9.17, 15) is 0 Å². The summed E-state index contributed by atoms with van der Waals surface area (Å²) in [5, 5.41) is 7.41. The molecule has 5 nitrogen and oxygen atoms in total. The van der Waals surface area contributed by atoms with Crippen LogP contribution < -0.4 is 5.32 Å². The Morgan fingerprint density at radius 3 is 2.88 bits per heavy atom. The van der Waals surface area contributed by atoms with Crippen LogP contribution in [-0.2, 0) is 13.6 Å². The number of imidazole rings is 1. The number of aromatic nitrogens is 4. The highest BCUT2D eigenvalue weighted by molar-refractivity contribution is 5.29. The van der Waals surface area contributed by atoms with E-state index in [-0.39, 0.29) is 0 Å². The van der Waals surface area contributed by atoms with Crippen molar-refractivity contribution in [2.24, 2.45) is 7.05 Å². The number of aryl methyl sites for hydroxylation is 2. The molecule has 0 radical (unpaired) electrons. The molecule has 86 valence electrons. The van der Waals surface area contributed by atoms with Gasteiger partial charge in [0.15, 0.2) is 0 Å². The summed E-state index contributed by atoms with van der Waals surface area (Å²) in [4.78, 5) is 4.43. The fraction of sp³-hybridized carbons (Fsp3) is 0.455. The van der Waals surface area contributed by atoms with Crippen molar-refractivity contribution < 1.29 is 0 Å². The fourth-order valence-corrected chi connectivity index (χ4v) is 1.70. The Balaban J connectivity index is 2.23. The van der Waals surface area contributed by atoms with E-state index in [2.05, 4.69) is 26.9 Å². The highest BCUT2D eigenvalue weighted by Gasteiger charge is 2.06. The Morgan fingerprint density at radius 1 is 1.44 bits per heavy atom. The molecule has 0 saturated carbocycles. The Morgan fingerprint density at radius 2 is 2.25 bits per heavy atom. The van der Waals surface area contributed by atoms with Gasteiger partial charge in [-0.2, -0.15) is 5.10 Å². The lowest BCUT2D eigenvalue weighted by atomic mass is 10.4. The first kappa shape index (κ1) is 10.7. The maximum atomic E-state index is 4.43. The van der Waals surface area contributed by atoms with Crippen LogP contribution >= 0.6 is 0 Å². The molecule has 16 heavy (non-hydrogen) atoms. The summed E-state index contributed by atoms with van der Waals surface area (Å²) in [6, 6.07) is 2.02. The van der Waals surface area contributed by atoms with Crippen molar-refractivity contribution in [2.45, 2.75) is 20.4 Å². The van der Waals surface area contributed by atoms with Crippen LogP contribution in [0.4, 0.5) is 5.95 Å². The van der Waals surface area contributed by atoms with E-state index < -0.39 is 0 Å². The highest BCUT2D eigenvalue weighted by Crippen LogP contribution is 2.11. The summed E-state index contributed by atoms with van der Waals surface area (Å²) < 4.78 is 3.99. The minimum absolute atomic E-state index is 0.791. The van der Waals surface area contributed by atoms with Crippen LogP contribution in [0.5, 0.6) is 0 Å². The van der Waals surface area contributed by atoms with E-state index in [4.69, 9.17) is 0 Å². The SMILES string of the molecule is CCNc1nc(C)cn1Cc1ccnn1C. The third kappa shape index (κ3) is 2.08. The first-order valence-electron chi connectivity index (χ1n) is 5.45.